The number of carbonyl (C=O) groups excluding carboxylic acids is 1. The Morgan fingerprint density at radius 3 is 2.75 bits per heavy atom. The number of carbonyl (C=O) groups is 1. The Bertz CT molecular complexity index is 717. The van der Waals surface area contributed by atoms with Gasteiger partial charge >= 0.3 is 0 Å². The molecule has 3 nitrogen and oxygen atoms in total. The fourth-order valence-electron chi connectivity index (χ4n) is 2.42. The lowest BCUT2D eigenvalue weighted by Gasteiger charge is -2.04. The highest BCUT2D eigenvalue weighted by Crippen LogP contribution is 2.28. The number of aliphatic imine (C=N–C) groups is 1. The Morgan fingerprint density at radius 2 is 1.95 bits per heavy atom. The van der Waals surface area contributed by atoms with Crippen LogP contribution in [0, 0.1) is 6.92 Å². The van der Waals surface area contributed by atoms with E-state index in [1.165, 1.54) is 0 Å². The summed E-state index contributed by atoms with van der Waals surface area (Å²) in [5.74, 6) is -0.128. The van der Waals surface area contributed by atoms with Crippen molar-refractivity contribution >= 4 is 23.0 Å². The van der Waals surface area contributed by atoms with Crippen molar-refractivity contribution < 1.29 is 4.79 Å². The molecular formula is C17H16N2O. The van der Waals surface area contributed by atoms with Gasteiger partial charge in [-0.25, -0.2) is 4.99 Å². The van der Waals surface area contributed by atoms with E-state index in [1.807, 2.05) is 49.4 Å². The van der Waals surface area contributed by atoms with Gasteiger partial charge in [-0.2, -0.15) is 0 Å². The zero-order chi connectivity index (χ0) is 14.1. The third-order valence-corrected chi connectivity index (χ3v) is 3.50. The molecule has 0 spiro atoms. The SMILES string of the molecule is CCc1ccccc1N=C1C(=O)Nc2ccc(C)cc21. The van der Waals surface area contributed by atoms with Crippen LogP contribution in [-0.2, 0) is 11.2 Å². The van der Waals surface area contributed by atoms with Crippen molar-refractivity contribution in [3.63, 3.8) is 0 Å². The van der Waals surface area contributed by atoms with E-state index in [4.69, 9.17) is 0 Å². The van der Waals surface area contributed by atoms with Gasteiger partial charge in [-0.3, -0.25) is 4.79 Å². The maximum atomic E-state index is 12.1. The van der Waals surface area contributed by atoms with Crippen LogP contribution in [0.4, 0.5) is 11.4 Å². The Hall–Kier alpha value is -2.42. The summed E-state index contributed by atoms with van der Waals surface area (Å²) in [5, 5.41) is 2.86. The molecule has 3 heteroatoms. The number of para-hydroxylation sites is 1. The molecule has 0 radical (unpaired) electrons. The summed E-state index contributed by atoms with van der Waals surface area (Å²) in [6, 6.07) is 13.9. The van der Waals surface area contributed by atoms with Gasteiger partial charge in [-0.05, 0) is 37.1 Å². The van der Waals surface area contributed by atoms with E-state index < -0.39 is 0 Å². The number of hydrogen-bond donors (Lipinski definition) is 1. The number of aryl methyl sites for hydroxylation is 2. The maximum absolute atomic E-state index is 12.1. The van der Waals surface area contributed by atoms with E-state index in [0.29, 0.717) is 5.71 Å². The lowest BCUT2D eigenvalue weighted by molar-refractivity contribution is -0.110. The molecule has 0 fully saturated rings. The standard InChI is InChI=1S/C17H16N2O/c1-3-12-6-4-5-7-14(12)18-16-13-10-11(2)8-9-15(13)19-17(16)20/h4-10H,3H2,1-2H3,(H,18,19,20). The second kappa shape index (κ2) is 4.93. The molecule has 1 heterocycles. The molecule has 1 N–H and O–H groups in total. The maximum Gasteiger partial charge on any atom is 0.275 e. The zero-order valence-corrected chi connectivity index (χ0v) is 11.6. The average Bonchev–Trinajstić information content (AvgIpc) is 2.76. The first-order chi connectivity index (χ1) is 9.69. The summed E-state index contributed by atoms with van der Waals surface area (Å²) in [6.07, 6.45) is 0.898. The van der Waals surface area contributed by atoms with Gasteiger partial charge in [0.15, 0.2) is 0 Å². The molecule has 3 rings (SSSR count). The number of anilines is 1. The fraction of sp³-hybridized carbons (Fsp3) is 0.176. The van der Waals surface area contributed by atoms with Crippen LogP contribution >= 0.6 is 0 Å². The molecule has 0 saturated heterocycles. The highest BCUT2D eigenvalue weighted by atomic mass is 16.2. The van der Waals surface area contributed by atoms with Gasteiger partial charge in [0, 0.05) is 5.56 Å². The Morgan fingerprint density at radius 1 is 1.15 bits per heavy atom. The third kappa shape index (κ3) is 2.11. The molecule has 2 aromatic rings. The molecule has 0 saturated carbocycles. The summed E-state index contributed by atoms with van der Waals surface area (Å²) < 4.78 is 0. The minimum absolute atomic E-state index is 0.128. The van der Waals surface area contributed by atoms with Crippen molar-refractivity contribution in [2.45, 2.75) is 20.3 Å². The Labute approximate surface area is 118 Å². The monoisotopic (exact) mass is 264 g/mol. The van der Waals surface area contributed by atoms with Crippen molar-refractivity contribution in [1.29, 1.82) is 0 Å². The summed E-state index contributed by atoms with van der Waals surface area (Å²) in [6.45, 7) is 4.10. The smallest absolute Gasteiger partial charge is 0.275 e. The summed E-state index contributed by atoms with van der Waals surface area (Å²) in [7, 11) is 0. The Balaban J connectivity index is 2.13. The van der Waals surface area contributed by atoms with Crippen molar-refractivity contribution in [3.05, 3.63) is 59.2 Å². The van der Waals surface area contributed by atoms with Gasteiger partial charge < -0.3 is 5.32 Å². The quantitative estimate of drug-likeness (QED) is 0.884. The minimum Gasteiger partial charge on any atom is -0.320 e. The van der Waals surface area contributed by atoms with Gasteiger partial charge in [0.2, 0.25) is 0 Å². The van der Waals surface area contributed by atoms with Crippen molar-refractivity contribution in [1.82, 2.24) is 0 Å². The van der Waals surface area contributed by atoms with Gasteiger partial charge in [-0.1, -0.05) is 36.8 Å². The van der Waals surface area contributed by atoms with Crippen molar-refractivity contribution in [2.24, 2.45) is 4.99 Å². The van der Waals surface area contributed by atoms with Crippen LogP contribution in [0.15, 0.2) is 47.5 Å². The van der Waals surface area contributed by atoms with Gasteiger partial charge in [-0.15, -0.1) is 0 Å². The van der Waals surface area contributed by atoms with Crippen LogP contribution in [-0.4, -0.2) is 11.6 Å². The lowest BCUT2D eigenvalue weighted by atomic mass is 10.1. The van der Waals surface area contributed by atoms with Crippen LogP contribution in [0.2, 0.25) is 0 Å². The Kier molecular flexibility index (Phi) is 3.11. The largest absolute Gasteiger partial charge is 0.320 e. The second-order valence-electron chi connectivity index (χ2n) is 4.95. The molecule has 20 heavy (non-hydrogen) atoms. The summed E-state index contributed by atoms with van der Waals surface area (Å²) in [4.78, 5) is 16.7. The number of rotatable bonds is 2. The number of nitrogens with zero attached hydrogens (tertiary/aromatic N) is 1. The van der Waals surface area contributed by atoms with E-state index in [2.05, 4.69) is 17.2 Å². The molecule has 1 amide bonds. The fourth-order valence-corrected chi connectivity index (χ4v) is 2.42. The topological polar surface area (TPSA) is 41.5 Å². The first kappa shape index (κ1) is 12.6. The van der Waals surface area contributed by atoms with Crippen LogP contribution in [0.1, 0.15) is 23.6 Å². The van der Waals surface area contributed by atoms with E-state index in [-0.39, 0.29) is 5.91 Å². The molecule has 0 bridgehead atoms. The number of hydrogen-bond acceptors (Lipinski definition) is 2. The predicted molar refractivity (Wildman–Crippen MR) is 81.8 cm³/mol. The summed E-state index contributed by atoms with van der Waals surface area (Å²) in [5.41, 5.74) is 5.37. The molecule has 1 aliphatic rings. The lowest BCUT2D eigenvalue weighted by Crippen LogP contribution is -2.14. The normalized spacial score (nSPS) is 15.3. The molecule has 0 atom stereocenters. The van der Waals surface area contributed by atoms with Gasteiger partial charge in [0.05, 0.1) is 11.4 Å². The highest BCUT2D eigenvalue weighted by Gasteiger charge is 2.26. The highest BCUT2D eigenvalue weighted by molar-refractivity contribution is 6.54. The van der Waals surface area contributed by atoms with Crippen LogP contribution < -0.4 is 5.32 Å². The van der Waals surface area contributed by atoms with Gasteiger partial charge in [0.1, 0.15) is 5.71 Å². The molecule has 100 valence electrons. The van der Waals surface area contributed by atoms with Crippen molar-refractivity contribution in [3.8, 4) is 0 Å². The number of amides is 1. The minimum atomic E-state index is -0.128. The molecular weight excluding hydrogens is 248 g/mol. The van der Waals surface area contributed by atoms with Crippen molar-refractivity contribution in [2.75, 3.05) is 5.32 Å². The number of benzene rings is 2. The van der Waals surface area contributed by atoms with Gasteiger partial charge in [0.25, 0.3) is 5.91 Å². The van der Waals surface area contributed by atoms with E-state index in [0.717, 1.165) is 34.5 Å². The van der Waals surface area contributed by atoms with Crippen LogP contribution in [0.5, 0.6) is 0 Å². The first-order valence-electron chi connectivity index (χ1n) is 6.78. The third-order valence-electron chi connectivity index (χ3n) is 3.50. The molecule has 2 aromatic carbocycles. The zero-order valence-electron chi connectivity index (χ0n) is 11.6. The molecule has 0 unspecified atom stereocenters. The average molecular weight is 264 g/mol. The van der Waals surface area contributed by atoms with E-state index in [9.17, 15) is 4.79 Å². The molecule has 0 aromatic heterocycles. The summed E-state index contributed by atoms with van der Waals surface area (Å²) >= 11 is 0. The molecule has 0 aliphatic carbocycles. The first-order valence-corrected chi connectivity index (χ1v) is 6.78. The van der Waals surface area contributed by atoms with Crippen LogP contribution in [0.25, 0.3) is 0 Å². The number of fused-ring (bicyclic) bond motifs is 1. The van der Waals surface area contributed by atoms with E-state index >= 15 is 0 Å². The van der Waals surface area contributed by atoms with Crippen LogP contribution in [0.3, 0.4) is 0 Å². The van der Waals surface area contributed by atoms with E-state index in [1.54, 1.807) is 0 Å². The second-order valence-corrected chi connectivity index (χ2v) is 4.95. The molecule has 1 aliphatic heterocycles. The predicted octanol–water partition coefficient (Wildman–Crippen LogP) is 3.63. The number of nitrogens with one attached hydrogen (secondary N) is 1.